The summed E-state index contributed by atoms with van der Waals surface area (Å²) in [4.78, 5) is 9.46. The van der Waals surface area contributed by atoms with E-state index in [2.05, 4.69) is 41.4 Å². The van der Waals surface area contributed by atoms with Crippen LogP contribution in [-0.4, -0.2) is 9.97 Å². The van der Waals surface area contributed by atoms with Crippen molar-refractivity contribution in [3.63, 3.8) is 0 Å². The molecule has 0 radical (unpaired) electrons. The Hall–Kier alpha value is 0.100. The molecule has 3 rings (SSSR count). The van der Waals surface area contributed by atoms with Gasteiger partial charge in [-0.3, -0.25) is 0 Å². The minimum absolute atomic E-state index is 0.569. The molecule has 0 N–H and O–H groups in total. The van der Waals surface area contributed by atoms with Gasteiger partial charge in [0.05, 0.1) is 9.26 Å². The molecule has 2 aliphatic carbocycles. The summed E-state index contributed by atoms with van der Waals surface area (Å²) in [6.07, 6.45) is 6.44. The summed E-state index contributed by atoms with van der Waals surface area (Å²) in [5.41, 5.74) is 1.15. The lowest BCUT2D eigenvalue weighted by Crippen LogP contribution is -2.15. The Bertz CT molecular complexity index is 489. The fourth-order valence-corrected chi connectivity index (χ4v) is 4.39. The zero-order chi connectivity index (χ0) is 13.6. The summed E-state index contributed by atoms with van der Waals surface area (Å²) in [5.74, 6) is 3.93. The van der Waals surface area contributed by atoms with Crippen LogP contribution in [0.15, 0.2) is 0 Å². The number of aromatic nitrogens is 2. The molecular formula is C15H20ClIN2. The molecule has 4 heteroatoms. The predicted molar refractivity (Wildman–Crippen MR) is 86.5 cm³/mol. The maximum Gasteiger partial charge on any atom is 0.146 e. The van der Waals surface area contributed by atoms with Crippen LogP contribution < -0.4 is 0 Å². The van der Waals surface area contributed by atoms with Crippen LogP contribution in [-0.2, 0) is 6.42 Å². The number of hydrogen-bond acceptors (Lipinski definition) is 2. The van der Waals surface area contributed by atoms with Gasteiger partial charge in [0.2, 0.25) is 0 Å². The van der Waals surface area contributed by atoms with Crippen molar-refractivity contribution < 1.29 is 0 Å². The number of fused-ring (bicyclic) bond motifs is 2. The zero-order valence-corrected chi connectivity index (χ0v) is 14.4. The SMILES string of the molecule is CC(C)Cc1nc(C2CC3CCC2C3)nc(Cl)c1I. The van der Waals surface area contributed by atoms with Gasteiger partial charge in [0.15, 0.2) is 0 Å². The van der Waals surface area contributed by atoms with E-state index in [9.17, 15) is 0 Å². The fourth-order valence-electron chi connectivity index (χ4n) is 3.73. The molecule has 2 aliphatic rings. The molecule has 104 valence electrons. The largest absolute Gasteiger partial charge is 0.236 e. The molecule has 2 nitrogen and oxygen atoms in total. The molecule has 0 aromatic carbocycles. The van der Waals surface area contributed by atoms with Crippen molar-refractivity contribution in [1.29, 1.82) is 0 Å². The number of nitrogens with zero attached hydrogens (tertiary/aromatic N) is 2. The van der Waals surface area contributed by atoms with Crippen molar-refractivity contribution in [2.75, 3.05) is 0 Å². The van der Waals surface area contributed by atoms with Gasteiger partial charge in [0, 0.05) is 5.92 Å². The Kier molecular flexibility index (Phi) is 4.05. The molecule has 1 heterocycles. The van der Waals surface area contributed by atoms with Gasteiger partial charge in [0.25, 0.3) is 0 Å². The Morgan fingerprint density at radius 2 is 2.05 bits per heavy atom. The van der Waals surface area contributed by atoms with Crippen LogP contribution in [0.4, 0.5) is 0 Å². The van der Waals surface area contributed by atoms with E-state index in [0.29, 0.717) is 17.0 Å². The molecular weight excluding hydrogens is 371 g/mol. The van der Waals surface area contributed by atoms with Gasteiger partial charge in [0.1, 0.15) is 11.0 Å². The third kappa shape index (κ3) is 2.78. The van der Waals surface area contributed by atoms with Crippen molar-refractivity contribution in [3.05, 3.63) is 20.2 Å². The first kappa shape index (κ1) is 14.1. The van der Waals surface area contributed by atoms with Gasteiger partial charge >= 0.3 is 0 Å². The quantitative estimate of drug-likeness (QED) is 0.545. The van der Waals surface area contributed by atoms with Crippen molar-refractivity contribution in [2.45, 2.75) is 51.9 Å². The Balaban J connectivity index is 1.91. The van der Waals surface area contributed by atoms with Gasteiger partial charge in [-0.25, -0.2) is 9.97 Å². The normalized spacial score (nSPS) is 29.4. The first-order valence-corrected chi connectivity index (χ1v) is 8.72. The second-order valence-corrected chi connectivity index (χ2v) is 7.95. The third-order valence-corrected chi connectivity index (χ3v) is 6.29. The monoisotopic (exact) mass is 390 g/mol. The average Bonchev–Trinajstić information content (AvgIpc) is 2.96. The number of hydrogen-bond donors (Lipinski definition) is 0. The minimum Gasteiger partial charge on any atom is -0.236 e. The first-order chi connectivity index (χ1) is 9.04. The molecule has 2 saturated carbocycles. The van der Waals surface area contributed by atoms with E-state index in [-0.39, 0.29) is 0 Å². The third-order valence-electron chi connectivity index (χ3n) is 4.57. The van der Waals surface area contributed by atoms with Crippen LogP contribution in [0.1, 0.15) is 57.0 Å². The standard InChI is InChI=1S/C15H20ClIN2/c1-8(2)5-12-13(17)14(16)19-15(18-12)11-7-9-3-4-10(11)6-9/h8-11H,3-7H2,1-2H3. The van der Waals surface area contributed by atoms with Crippen LogP contribution in [0.5, 0.6) is 0 Å². The molecule has 1 aromatic heterocycles. The predicted octanol–water partition coefficient (Wildman–Crippen LogP) is 4.84. The number of halogens is 2. The van der Waals surface area contributed by atoms with Crippen molar-refractivity contribution in [2.24, 2.45) is 17.8 Å². The van der Waals surface area contributed by atoms with Crippen molar-refractivity contribution >= 4 is 34.2 Å². The smallest absolute Gasteiger partial charge is 0.146 e. The van der Waals surface area contributed by atoms with Crippen molar-refractivity contribution in [3.8, 4) is 0 Å². The van der Waals surface area contributed by atoms with Gasteiger partial charge in [-0.1, -0.05) is 31.9 Å². The van der Waals surface area contributed by atoms with E-state index in [1.165, 1.54) is 25.7 Å². The molecule has 3 atom stereocenters. The molecule has 0 spiro atoms. The molecule has 1 aromatic rings. The maximum atomic E-state index is 6.32. The van der Waals surface area contributed by atoms with Gasteiger partial charge < -0.3 is 0 Å². The van der Waals surface area contributed by atoms with Gasteiger partial charge in [-0.15, -0.1) is 0 Å². The molecule has 19 heavy (non-hydrogen) atoms. The lowest BCUT2D eigenvalue weighted by molar-refractivity contribution is 0.403. The van der Waals surface area contributed by atoms with Crippen LogP contribution in [0.25, 0.3) is 0 Å². The highest BCUT2D eigenvalue weighted by atomic mass is 127. The van der Waals surface area contributed by atoms with E-state index in [1.54, 1.807) is 0 Å². The lowest BCUT2D eigenvalue weighted by atomic mass is 9.88. The van der Waals surface area contributed by atoms with E-state index in [0.717, 1.165) is 33.3 Å². The van der Waals surface area contributed by atoms with Crippen LogP contribution >= 0.6 is 34.2 Å². The van der Waals surface area contributed by atoms with Gasteiger partial charge in [-0.2, -0.15) is 0 Å². The van der Waals surface area contributed by atoms with Crippen molar-refractivity contribution in [1.82, 2.24) is 9.97 Å². The van der Waals surface area contributed by atoms with Crippen LogP contribution in [0.3, 0.4) is 0 Å². The highest BCUT2D eigenvalue weighted by molar-refractivity contribution is 14.1. The molecule has 0 aliphatic heterocycles. The highest BCUT2D eigenvalue weighted by Crippen LogP contribution is 2.52. The highest BCUT2D eigenvalue weighted by Gasteiger charge is 2.41. The molecule has 2 fully saturated rings. The van der Waals surface area contributed by atoms with E-state index in [4.69, 9.17) is 16.6 Å². The summed E-state index contributed by atoms with van der Waals surface area (Å²) in [6.45, 7) is 4.45. The minimum atomic E-state index is 0.569. The molecule has 3 unspecified atom stereocenters. The van der Waals surface area contributed by atoms with E-state index >= 15 is 0 Å². The second kappa shape index (κ2) is 5.47. The van der Waals surface area contributed by atoms with Crippen LogP contribution in [0, 0.1) is 21.3 Å². The molecule has 2 bridgehead atoms. The van der Waals surface area contributed by atoms with E-state index in [1.807, 2.05) is 0 Å². The first-order valence-electron chi connectivity index (χ1n) is 7.26. The molecule has 0 amide bonds. The lowest BCUT2D eigenvalue weighted by Gasteiger charge is -2.21. The summed E-state index contributed by atoms with van der Waals surface area (Å²) < 4.78 is 1.04. The second-order valence-electron chi connectivity index (χ2n) is 6.51. The number of rotatable bonds is 3. The topological polar surface area (TPSA) is 25.8 Å². The molecule has 0 saturated heterocycles. The Labute approximate surface area is 133 Å². The summed E-state index contributed by atoms with van der Waals surface area (Å²) >= 11 is 8.61. The summed E-state index contributed by atoms with van der Waals surface area (Å²) in [5, 5.41) is 0.657. The zero-order valence-electron chi connectivity index (χ0n) is 11.5. The van der Waals surface area contributed by atoms with Crippen LogP contribution in [0.2, 0.25) is 5.15 Å². The average molecular weight is 391 g/mol. The van der Waals surface area contributed by atoms with E-state index < -0.39 is 0 Å². The summed E-state index contributed by atoms with van der Waals surface area (Å²) in [7, 11) is 0. The fraction of sp³-hybridized carbons (Fsp3) is 0.733. The van der Waals surface area contributed by atoms with Gasteiger partial charge in [-0.05, 0) is 66.0 Å². The summed E-state index contributed by atoms with van der Waals surface area (Å²) in [6, 6.07) is 0. The Morgan fingerprint density at radius 1 is 1.26 bits per heavy atom. The maximum absolute atomic E-state index is 6.32. The Morgan fingerprint density at radius 3 is 2.63 bits per heavy atom.